The molecule has 1 aromatic heterocycles. The highest BCUT2D eigenvalue weighted by atomic mass is 19.3. The van der Waals surface area contributed by atoms with Gasteiger partial charge in [0.2, 0.25) is 0 Å². The molecule has 5 nitrogen and oxygen atoms in total. The van der Waals surface area contributed by atoms with Crippen molar-refractivity contribution in [2.75, 3.05) is 20.2 Å². The number of aryl methyl sites for hydroxylation is 1. The number of fused-ring (bicyclic) bond motifs is 1. The van der Waals surface area contributed by atoms with E-state index in [0.29, 0.717) is 22.5 Å². The zero-order chi connectivity index (χ0) is 21.1. The van der Waals surface area contributed by atoms with Crippen LogP contribution in [0.1, 0.15) is 47.4 Å². The molecule has 0 aliphatic carbocycles. The summed E-state index contributed by atoms with van der Waals surface area (Å²) in [6.07, 6.45) is 1.41. The van der Waals surface area contributed by atoms with E-state index in [2.05, 4.69) is 22.1 Å². The van der Waals surface area contributed by atoms with Gasteiger partial charge in [-0.25, -0.2) is 13.8 Å². The van der Waals surface area contributed by atoms with Gasteiger partial charge in [0.15, 0.2) is 5.82 Å². The van der Waals surface area contributed by atoms with E-state index in [1.165, 1.54) is 5.56 Å². The lowest BCUT2D eigenvalue weighted by atomic mass is 9.90. The van der Waals surface area contributed by atoms with Crippen molar-refractivity contribution < 1.29 is 18.3 Å². The van der Waals surface area contributed by atoms with Crippen LogP contribution in [-0.4, -0.2) is 41.0 Å². The van der Waals surface area contributed by atoms with Gasteiger partial charge in [-0.2, -0.15) is 0 Å². The summed E-state index contributed by atoms with van der Waals surface area (Å²) >= 11 is 0. The van der Waals surface area contributed by atoms with E-state index in [4.69, 9.17) is 4.74 Å². The number of hydrogen-bond acceptors (Lipinski definition) is 3. The molecule has 2 heterocycles. The third-order valence-electron chi connectivity index (χ3n) is 5.86. The highest BCUT2D eigenvalue weighted by Crippen LogP contribution is 2.25. The van der Waals surface area contributed by atoms with Crippen molar-refractivity contribution in [1.82, 2.24) is 14.9 Å². The second-order valence-corrected chi connectivity index (χ2v) is 7.78. The molecule has 2 aromatic carbocycles. The zero-order valence-electron chi connectivity index (χ0n) is 16.9. The third kappa shape index (κ3) is 4.45. The van der Waals surface area contributed by atoms with Crippen molar-refractivity contribution in [3.8, 4) is 5.75 Å². The monoisotopic (exact) mass is 413 g/mol. The number of nitrogens with zero attached hydrogens (tertiary/aromatic N) is 2. The molecule has 0 radical (unpaired) electrons. The Morgan fingerprint density at radius 2 is 1.93 bits per heavy atom. The van der Waals surface area contributed by atoms with Gasteiger partial charge in [0.25, 0.3) is 12.3 Å². The van der Waals surface area contributed by atoms with Gasteiger partial charge in [-0.15, -0.1) is 0 Å². The van der Waals surface area contributed by atoms with Crippen LogP contribution in [-0.2, 0) is 6.42 Å². The molecule has 1 aliphatic rings. The second kappa shape index (κ2) is 8.81. The van der Waals surface area contributed by atoms with Gasteiger partial charge in [-0.3, -0.25) is 4.79 Å². The number of rotatable bonds is 6. The summed E-state index contributed by atoms with van der Waals surface area (Å²) < 4.78 is 30.8. The predicted molar refractivity (Wildman–Crippen MR) is 111 cm³/mol. The predicted octanol–water partition coefficient (Wildman–Crippen LogP) is 4.99. The smallest absolute Gasteiger partial charge is 0.295 e. The number of likely N-dealkylation sites (tertiary alicyclic amines) is 1. The number of amides is 1. The molecule has 1 N–H and O–H groups in total. The maximum atomic E-state index is 12.9. The molecule has 1 saturated heterocycles. The molecule has 0 atom stereocenters. The highest BCUT2D eigenvalue weighted by Gasteiger charge is 2.24. The number of carbonyl (C=O) groups excluding carboxylic acids is 1. The number of hydrogen-bond donors (Lipinski definition) is 1. The Balaban J connectivity index is 1.32. The minimum Gasteiger partial charge on any atom is -0.497 e. The van der Waals surface area contributed by atoms with Gasteiger partial charge >= 0.3 is 0 Å². The van der Waals surface area contributed by atoms with E-state index < -0.39 is 6.43 Å². The van der Waals surface area contributed by atoms with Crippen LogP contribution in [0, 0.1) is 5.92 Å². The number of aromatic nitrogens is 2. The van der Waals surface area contributed by atoms with Crippen LogP contribution in [0.4, 0.5) is 8.78 Å². The average molecular weight is 413 g/mol. The summed E-state index contributed by atoms with van der Waals surface area (Å²) in [5, 5.41) is 0. The minimum absolute atomic E-state index is 0.0568. The molecule has 158 valence electrons. The summed E-state index contributed by atoms with van der Waals surface area (Å²) in [5.74, 6) is 1.04. The van der Waals surface area contributed by atoms with Crippen LogP contribution < -0.4 is 4.74 Å². The Bertz CT molecular complexity index is 1010. The van der Waals surface area contributed by atoms with E-state index in [0.717, 1.165) is 44.5 Å². The van der Waals surface area contributed by atoms with Crippen LogP contribution in [0.3, 0.4) is 0 Å². The molecule has 1 aliphatic heterocycles. The Kier molecular flexibility index (Phi) is 5.97. The Labute approximate surface area is 174 Å². The van der Waals surface area contributed by atoms with E-state index in [-0.39, 0.29) is 11.7 Å². The molecular formula is C23H25F2N3O2. The normalized spacial score (nSPS) is 15.1. The third-order valence-corrected chi connectivity index (χ3v) is 5.86. The quantitative estimate of drug-likeness (QED) is 0.619. The molecule has 1 fully saturated rings. The lowest BCUT2D eigenvalue weighted by Gasteiger charge is -2.32. The summed E-state index contributed by atoms with van der Waals surface area (Å²) in [7, 11) is 1.66. The van der Waals surface area contributed by atoms with Crippen molar-refractivity contribution in [2.45, 2.75) is 32.1 Å². The first-order valence-electron chi connectivity index (χ1n) is 10.2. The van der Waals surface area contributed by atoms with Crippen molar-refractivity contribution in [3.05, 3.63) is 59.4 Å². The highest BCUT2D eigenvalue weighted by molar-refractivity contribution is 5.97. The number of methoxy groups -OCH3 is 1. The molecule has 4 rings (SSSR count). The topological polar surface area (TPSA) is 58.2 Å². The maximum absolute atomic E-state index is 12.9. The molecule has 7 heteroatoms. The number of ether oxygens (including phenoxy) is 1. The van der Waals surface area contributed by atoms with Crippen LogP contribution >= 0.6 is 0 Å². The van der Waals surface area contributed by atoms with Crippen molar-refractivity contribution in [3.63, 3.8) is 0 Å². The molecule has 0 saturated carbocycles. The summed E-state index contributed by atoms with van der Waals surface area (Å²) in [4.78, 5) is 21.2. The van der Waals surface area contributed by atoms with Crippen LogP contribution in [0.5, 0.6) is 5.75 Å². The Morgan fingerprint density at radius 3 is 2.60 bits per heavy atom. The molecule has 0 unspecified atom stereocenters. The van der Waals surface area contributed by atoms with Gasteiger partial charge in [-0.05, 0) is 67.5 Å². The zero-order valence-corrected chi connectivity index (χ0v) is 16.9. The minimum atomic E-state index is -2.66. The Morgan fingerprint density at radius 1 is 1.20 bits per heavy atom. The van der Waals surface area contributed by atoms with Gasteiger partial charge < -0.3 is 14.6 Å². The fraction of sp³-hybridized carbons (Fsp3) is 0.391. The second-order valence-electron chi connectivity index (χ2n) is 7.78. The molecule has 0 bridgehead atoms. The van der Waals surface area contributed by atoms with Crippen LogP contribution in [0.15, 0.2) is 42.5 Å². The molecule has 1 amide bonds. The lowest BCUT2D eigenvalue weighted by Crippen LogP contribution is -2.38. The summed E-state index contributed by atoms with van der Waals surface area (Å²) in [6, 6.07) is 13.1. The molecule has 3 aromatic rings. The number of piperidine rings is 1. The largest absolute Gasteiger partial charge is 0.497 e. The van der Waals surface area contributed by atoms with Crippen LogP contribution in [0.25, 0.3) is 11.0 Å². The standard InChI is InChI=1S/C23H25F2N3O2/c1-30-18-7-4-15(5-8-18)2-3-16-10-12-28(13-11-16)23(29)17-6-9-19-20(14-17)27-22(26-19)21(24)25/h4-9,14,16,21H,2-3,10-13H2,1H3,(H,26,27). The number of nitrogens with one attached hydrogen (secondary N) is 1. The Hall–Kier alpha value is -2.96. The number of H-pyrrole nitrogens is 1. The molecule has 0 spiro atoms. The number of imidazole rings is 1. The number of alkyl halides is 2. The fourth-order valence-electron chi connectivity index (χ4n) is 4.04. The van der Waals surface area contributed by atoms with Gasteiger partial charge in [-0.1, -0.05) is 12.1 Å². The number of benzene rings is 2. The first-order valence-corrected chi connectivity index (χ1v) is 10.2. The number of carbonyl (C=O) groups is 1. The SMILES string of the molecule is COc1ccc(CCC2CCN(C(=O)c3ccc4nc(C(F)F)[nH]c4c3)CC2)cc1. The van der Waals surface area contributed by atoms with Crippen molar-refractivity contribution >= 4 is 16.9 Å². The van der Waals surface area contributed by atoms with E-state index in [1.807, 2.05) is 17.0 Å². The van der Waals surface area contributed by atoms with Gasteiger partial charge in [0.05, 0.1) is 18.1 Å². The van der Waals surface area contributed by atoms with Crippen molar-refractivity contribution in [2.24, 2.45) is 5.92 Å². The summed E-state index contributed by atoms with van der Waals surface area (Å²) in [5.41, 5.74) is 2.71. The van der Waals surface area contributed by atoms with Gasteiger partial charge in [0, 0.05) is 18.7 Å². The molecular weight excluding hydrogens is 388 g/mol. The first kappa shape index (κ1) is 20.3. The lowest BCUT2D eigenvalue weighted by molar-refractivity contribution is 0.0687. The van der Waals surface area contributed by atoms with Gasteiger partial charge in [0.1, 0.15) is 5.75 Å². The van der Waals surface area contributed by atoms with E-state index in [1.54, 1.807) is 25.3 Å². The molecule has 30 heavy (non-hydrogen) atoms. The summed E-state index contributed by atoms with van der Waals surface area (Å²) in [6.45, 7) is 1.44. The van der Waals surface area contributed by atoms with E-state index >= 15 is 0 Å². The fourth-order valence-corrected chi connectivity index (χ4v) is 4.04. The number of halogens is 2. The first-order chi connectivity index (χ1) is 14.5. The average Bonchev–Trinajstić information content (AvgIpc) is 3.22. The van der Waals surface area contributed by atoms with E-state index in [9.17, 15) is 13.6 Å². The number of aromatic amines is 1. The van der Waals surface area contributed by atoms with Crippen molar-refractivity contribution in [1.29, 1.82) is 0 Å². The maximum Gasteiger partial charge on any atom is 0.295 e. The van der Waals surface area contributed by atoms with Crippen LogP contribution in [0.2, 0.25) is 0 Å².